The maximum absolute atomic E-state index is 3.30. The summed E-state index contributed by atoms with van der Waals surface area (Å²) in [6.45, 7) is 8.98. The van der Waals surface area contributed by atoms with Gasteiger partial charge in [-0.05, 0) is 6.42 Å². The van der Waals surface area contributed by atoms with Gasteiger partial charge < -0.3 is 0 Å². The van der Waals surface area contributed by atoms with E-state index in [0.717, 1.165) is 24.7 Å². The Hall–Kier alpha value is -1.50. The van der Waals surface area contributed by atoms with Gasteiger partial charge in [0, 0.05) is 0 Å². The molecule has 0 amide bonds. The van der Waals surface area contributed by atoms with E-state index < -0.39 is 0 Å². The van der Waals surface area contributed by atoms with Crippen LogP contribution in [0, 0.1) is 24.0 Å². The van der Waals surface area contributed by atoms with Crippen LogP contribution in [0.2, 0.25) is 0 Å². The van der Waals surface area contributed by atoms with Crippen molar-refractivity contribution in [2.24, 2.45) is 11.8 Å². The summed E-state index contributed by atoms with van der Waals surface area (Å²) in [5.74, 6) is 1.52. The van der Waals surface area contributed by atoms with Crippen LogP contribution in [-0.2, 0) is 26.4 Å². The molecule has 132 valence electrons. The zero-order valence-corrected chi connectivity index (χ0v) is 17.9. The number of rotatable bonds is 2. The van der Waals surface area contributed by atoms with E-state index in [9.17, 15) is 0 Å². The Labute approximate surface area is 171 Å². The third kappa shape index (κ3) is 6.04. The number of fused-ring (bicyclic) bond motifs is 3. The van der Waals surface area contributed by atoms with Crippen molar-refractivity contribution in [2.45, 2.75) is 40.5 Å². The van der Waals surface area contributed by atoms with Crippen LogP contribution in [0.5, 0.6) is 0 Å². The fourth-order valence-corrected chi connectivity index (χ4v) is 3.00. The fourth-order valence-electron chi connectivity index (χ4n) is 3.00. The van der Waals surface area contributed by atoms with E-state index in [2.05, 4.69) is 102 Å². The monoisotopic (exact) mass is 376 g/mol. The number of hydrogen-bond acceptors (Lipinski definition) is 0. The average molecular weight is 376 g/mol. The van der Waals surface area contributed by atoms with Gasteiger partial charge in [0.2, 0.25) is 0 Å². The van der Waals surface area contributed by atoms with E-state index >= 15 is 0 Å². The van der Waals surface area contributed by atoms with Gasteiger partial charge in [-0.15, -0.1) is 12.0 Å². The Morgan fingerprint density at radius 2 is 1.65 bits per heavy atom. The summed E-state index contributed by atoms with van der Waals surface area (Å²) in [5, 5.41) is 0. The summed E-state index contributed by atoms with van der Waals surface area (Å²) in [6, 6.07) is 18.1. The average Bonchev–Trinajstić information content (AvgIpc) is 3.32. The van der Waals surface area contributed by atoms with Gasteiger partial charge in [-0.1, -0.05) is 35.4 Å². The van der Waals surface area contributed by atoms with Crippen molar-refractivity contribution in [3.05, 3.63) is 84.0 Å². The molecule has 0 atom stereocenters. The minimum absolute atomic E-state index is 0.759. The molecule has 0 spiro atoms. The van der Waals surface area contributed by atoms with Gasteiger partial charge in [0.15, 0.2) is 0 Å². The predicted molar refractivity (Wildman–Crippen MR) is 110 cm³/mol. The molecule has 0 saturated carbocycles. The Balaban J connectivity index is 0.000000160. The maximum Gasteiger partial charge on any atom is -0.0253 e. The van der Waals surface area contributed by atoms with Crippen LogP contribution in [-0.4, -0.2) is 3.81 Å². The van der Waals surface area contributed by atoms with E-state index in [1.54, 1.807) is 3.81 Å². The maximum atomic E-state index is 3.30. The largest absolute Gasteiger partial charge is 0.273 e. The van der Waals surface area contributed by atoms with Crippen molar-refractivity contribution in [1.29, 1.82) is 0 Å². The number of allylic oxidation sites excluding steroid dienone is 4. The smallest absolute Gasteiger partial charge is 0.0253 e. The molecule has 0 heterocycles. The number of benzene rings is 2. The molecule has 0 aromatic heterocycles. The molecular formula is C25H28Ti. The second-order valence-corrected chi connectivity index (χ2v) is 8.07. The van der Waals surface area contributed by atoms with Crippen molar-refractivity contribution in [3.63, 3.8) is 0 Å². The van der Waals surface area contributed by atoms with Crippen molar-refractivity contribution in [3.8, 4) is 11.1 Å². The summed E-state index contributed by atoms with van der Waals surface area (Å²) in [5.41, 5.74) is 5.51. The van der Waals surface area contributed by atoms with Crippen LogP contribution in [0.3, 0.4) is 0 Å². The molecule has 0 unspecified atom stereocenters. The quantitative estimate of drug-likeness (QED) is 0.360. The van der Waals surface area contributed by atoms with E-state index in [-0.39, 0.29) is 0 Å². The van der Waals surface area contributed by atoms with E-state index in [0.29, 0.717) is 0 Å². The second-order valence-electron chi connectivity index (χ2n) is 7.16. The molecule has 0 fully saturated rings. The first kappa shape index (κ1) is 20.8. The van der Waals surface area contributed by atoms with Crippen LogP contribution in [0.1, 0.15) is 45.2 Å². The normalized spacial score (nSPS) is 12.9. The SMILES string of the molecule is CC(C)[C](=[Ti+2])C(C)C.[C-]1=CC=CC1.[c-]1cccc2c1Cc1ccccc1-2. The van der Waals surface area contributed by atoms with Gasteiger partial charge in [0.1, 0.15) is 0 Å². The van der Waals surface area contributed by atoms with Crippen LogP contribution in [0.4, 0.5) is 0 Å². The van der Waals surface area contributed by atoms with Gasteiger partial charge >= 0.3 is 63.3 Å². The zero-order valence-electron chi connectivity index (χ0n) is 16.3. The molecule has 26 heavy (non-hydrogen) atoms. The molecule has 2 aliphatic rings. The van der Waals surface area contributed by atoms with Crippen LogP contribution in [0.25, 0.3) is 11.1 Å². The topological polar surface area (TPSA) is 0 Å². The predicted octanol–water partition coefficient (Wildman–Crippen LogP) is 6.38. The third-order valence-corrected chi connectivity index (χ3v) is 6.25. The van der Waals surface area contributed by atoms with Crippen molar-refractivity contribution < 1.29 is 20.0 Å². The van der Waals surface area contributed by atoms with Crippen LogP contribution in [0.15, 0.2) is 60.7 Å². The van der Waals surface area contributed by atoms with Gasteiger partial charge in [-0.3, -0.25) is 6.08 Å². The molecule has 2 aromatic carbocycles. The summed E-state index contributed by atoms with van der Waals surface area (Å²) in [6.07, 6.45) is 11.0. The first-order valence-electron chi connectivity index (χ1n) is 9.38. The van der Waals surface area contributed by atoms with Crippen molar-refractivity contribution in [1.82, 2.24) is 0 Å². The fraction of sp³-hybridized carbons (Fsp3) is 0.320. The van der Waals surface area contributed by atoms with Gasteiger partial charge in [-0.25, -0.2) is 12.2 Å². The van der Waals surface area contributed by atoms with E-state index in [4.69, 9.17) is 0 Å². The Bertz CT molecular complexity index is 715. The Morgan fingerprint density at radius 1 is 0.962 bits per heavy atom. The molecule has 4 rings (SSSR count). The summed E-state index contributed by atoms with van der Waals surface area (Å²) in [4.78, 5) is 0. The molecule has 0 nitrogen and oxygen atoms in total. The standard InChI is InChI=1S/C13H9.C7H14.C5H5.Ti/c1-3-7-12-10(5-1)9-11-6-2-4-8-13(11)12;1-6(2)5-7(3)4;1-2-4-5-3-1;/h1-5,7-8H,9H2;6-7H,1-4H3;1-3H,4H2;/q-1;;-1;+2. The zero-order chi connectivity index (χ0) is 18.9. The van der Waals surface area contributed by atoms with Crippen molar-refractivity contribution >= 4 is 3.81 Å². The molecule has 0 radical (unpaired) electrons. The second kappa shape index (κ2) is 10.6. The molecule has 0 aliphatic heterocycles. The summed E-state index contributed by atoms with van der Waals surface area (Å²) < 4.78 is 1.60. The summed E-state index contributed by atoms with van der Waals surface area (Å²) >= 11 is 2.23. The molecule has 1 heteroatoms. The minimum atomic E-state index is 0.759. The van der Waals surface area contributed by atoms with Crippen LogP contribution >= 0.6 is 0 Å². The number of hydrogen-bond donors (Lipinski definition) is 0. The van der Waals surface area contributed by atoms with Gasteiger partial charge in [-0.2, -0.15) is 35.9 Å². The molecule has 2 aliphatic carbocycles. The minimum Gasteiger partial charge on any atom is -0.273 e. The molecule has 0 N–H and O–H groups in total. The third-order valence-electron chi connectivity index (χ3n) is 4.45. The first-order chi connectivity index (χ1) is 12.5. The summed E-state index contributed by atoms with van der Waals surface area (Å²) in [7, 11) is 0. The Morgan fingerprint density at radius 3 is 2.19 bits per heavy atom. The van der Waals surface area contributed by atoms with Gasteiger partial charge in [0.05, 0.1) is 0 Å². The molecule has 0 bridgehead atoms. The first-order valence-corrected chi connectivity index (χ1v) is 10.2. The molecule has 2 aromatic rings. The molecular weight excluding hydrogens is 348 g/mol. The van der Waals surface area contributed by atoms with Crippen LogP contribution < -0.4 is 0 Å². The van der Waals surface area contributed by atoms with Crippen molar-refractivity contribution in [2.75, 3.05) is 0 Å². The van der Waals surface area contributed by atoms with E-state index in [1.165, 1.54) is 22.3 Å². The van der Waals surface area contributed by atoms with Gasteiger partial charge in [0.25, 0.3) is 0 Å². The molecule has 0 saturated heterocycles. The van der Waals surface area contributed by atoms with E-state index in [1.807, 2.05) is 18.2 Å². The Kier molecular flexibility index (Phi) is 8.49.